The number of halogens is 2. The minimum absolute atomic E-state index is 0.00667. The Hall–Kier alpha value is -5.23. The number of phenolic OH excluding ortho intramolecular Hbond substituents is 1. The van der Waals surface area contributed by atoms with Crippen molar-refractivity contribution >= 4 is 52.6 Å². The van der Waals surface area contributed by atoms with E-state index in [1.807, 2.05) is 6.08 Å². The van der Waals surface area contributed by atoms with E-state index in [-0.39, 0.29) is 40.7 Å². The number of benzene rings is 3. The normalized spacial score (nSPS) is 27.8. The highest BCUT2D eigenvalue weighted by molar-refractivity contribution is 6.32. The van der Waals surface area contributed by atoms with Gasteiger partial charge in [-0.3, -0.25) is 19.2 Å². The number of anilines is 2. The van der Waals surface area contributed by atoms with Gasteiger partial charge in [0.1, 0.15) is 17.1 Å². The predicted molar refractivity (Wildman–Crippen MR) is 168 cm³/mol. The number of allylic oxidation sites excluding steroid dienone is 2. The zero-order valence-electron chi connectivity index (χ0n) is 25.5. The third kappa shape index (κ3) is 4.28. The molecule has 3 aromatic carbocycles. The average molecular weight is 675 g/mol. The van der Waals surface area contributed by atoms with Crippen molar-refractivity contribution in [1.29, 1.82) is 0 Å². The van der Waals surface area contributed by atoms with Gasteiger partial charge in [0.15, 0.2) is 11.5 Å². The van der Waals surface area contributed by atoms with Gasteiger partial charge < -0.3 is 20.1 Å². The zero-order valence-corrected chi connectivity index (χ0v) is 26.3. The monoisotopic (exact) mass is 674 g/mol. The number of phenols is 2. The highest BCUT2D eigenvalue weighted by Crippen LogP contribution is 2.64. The molecular weight excluding hydrogens is 647 g/mol. The maximum absolute atomic E-state index is 14.5. The van der Waals surface area contributed by atoms with Gasteiger partial charge in [0.05, 0.1) is 46.7 Å². The number of rotatable bonds is 5. The number of carboxylic acids is 1. The first-order chi connectivity index (χ1) is 22.8. The quantitative estimate of drug-likeness (QED) is 0.249. The van der Waals surface area contributed by atoms with Crippen LogP contribution in [-0.2, 0) is 19.2 Å². The Kier molecular flexibility index (Phi) is 7.13. The molecule has 4 aliphatic rings. The molecule has 3 aromatic rings. The summed E-state index contributed by atoms with van der Waals surface area (Å²) in [6.45, 7) is 1.67. The van der Waals surface area contributed by atoms with Crippen molar-refractivity contribution in [2.24, 2.45) is 29.1 Å². The summed E-state index contributed by atoms with van der Waals surface area (Å²) in [5.41, 5.74) is -0.580. The van der Waals surface area contributed by atoms with E-state index in [2.05, 4.69) is 0 Å². The molecule has 0 aromatic heterocycles. The molecule has 3 fully saturated rings. The minimum Gasteiger partial charge on any atom is -0.507 e. The predicted octanol–water partition coefficient (Wildman–Crippen LogP) is 5.03. The summed E-state index contributed by atoms with van der Waals surface area (Å²) >= 11 is 6.04. The number of hydrogen-bond donors (Lipinski definition) is 3. The van der Waals surface area contributed by atoms with E-state index in [1.54, 1.807) is 13.0 Å². The molecule has 0 unspecified atom stereocenters. The lowest BCUT2D eigenvalue weighted by molar-refractivity contribution is -0.131. The number of ether oxygens (including phenoxy) is 1. The highest BCUT2D eigenvalue weighted by Gasteiger charge is 2.67. The van der Waals surface area contributed by atoms with Gasteiger partial charge in [0.2, 0.25) is 23.6 Å². The van der Waals surface area contributed by atoms with Gasteiger partial charge in [0, 0.05) is 12.0 Å². The molecule has 6 atom stereocenters. The molecule has 2 heterocycles. The zero-order chi connectivity index (χ0) is 34.4. The molecule has 11 nitrogen and oxygen atoms in total. The number of methoxy groups -OCH3 is 1. The molecule has 0 spiro atoms. The van der Waals surface area contributed by atoms with Gasteiger partial charge in [-0.25, -0.2) is 19.0 Å². The molecule has 13 heteroatoms. The summed E-state index contributed by atoms with van der Waals surface area (Å²) in [6.07, 6.45) is 2.00. The first-order valence-electron chi connectivity index (χ1n) is 15.1. The fourth-order valence-electron chi connectivity index (χ4n) is 8.25. The molecule has 3 N–H and O–H groups in total. The number of amides is 4. The Bertz CT molecular complexity index is 2010. The second-order valence-electron chi connectivity index (χ2n) is 12.7. The van der Waals surface area contributed by atoms with Crippen LogP contribution in [0.15, 0.2) is 66.2 Å². The summed E-state index contributed by atoms with van der Waals surface area (Å²) < 4.78 is 19.3. The van der Waals surface area contributed by atoms with Gasteiger partial charge in [-0.2, -0.15) is 0 Å². The van der Waals surface area contributed by atoms with Crippen LogP contribution in [0.2, 0.25) is 5.02 Å². The van der Waals surface area contributed by atoms with Crippen LogP contribution in [0.3, 0.4) is 0 Å². The minimum atomic E-state index is -1.42. The van der Waals surface area contributed by atoms with Crippen molar-refractivity contribution in [2.75, 3.05) is 16.9 Å². The van der Waals surface area contributed by atoms with Gasteiger partial charge in [0.25, 0.3) is 0 Å². The van der Waals surface area contributed by atoms with Crippen LogP contribution in [0, 0.1) is 34.9 Å². The van der Waals surface area contributed by atoms with Crippen LogP contribution in [0.1, 0.15) is 41.6 Å². The number of hydrogen-bond acceptors (Lipinski definition) is 8. The molecular formula is C35H28ClFN2O9. The van der Waals surface area contributed by atoms with Gasteiger partial charge >= 0.3 is 5.97 Å². The Morgan fingerprint density at radius 1 is 0.917 bits per heavy atom. The van der Waals surface area contributed by atoms with Crippen LogP contribution in [0.25, 0.3) is 0 Å². The smallest absolute Gasteiger partial charge is 0.339 e. The summed E-state index contributed by atoms with van der Waals surface area (Å²) in [7, 11) is 1.39. The highest BCUT2D eigenvalue weighted by atomic mass is 35.5. The number of carboxylic acid groups (broad SMARTS) is 1. The summed E-state index contributed by atoms with van der Waals surface area (Å²) in [6, 6.07) is 11.7. The van der Waals surface area contributed by atoms with Crippen LogP contribution >= 0.6 is 11.6 Å². The maximum Gasteiger partial charge on any atom is 0.339 e. The van der Waals surface area contributed by atoms with E-state index in [1.165, 1.54) is 37.4 Å². The topological polar surface area (TPSA) is 162 Å². The van der Waals surface area contributed by atoms with Crippen LogP contribution in [0.5, 0.6) is 17.2 Å². The lowest BCUT2D eigenvalue weighted by atomic mass is 9.51. The molecule has 2 saturated heterocycles. The molecule has 7 rings (SSSR count). The fourth-order valence-corrected chi connectivity index (χ4v) is 8.42. The second kappa shape index (κ2) is 10.9. The lowest BCUT2D eigenvalue weighted by Crippen LogP contribution is -2.48. The lowest BCUT2D eigenvalue weighted by Gasteiger charge is -2.49. The molecule has 246 valence electrons. The van der Waals surface area contributed by atoms with Crippen molar-refractivity contribution in [3.05, 3.63) is 88.2 Å². The maximum atomic E-state index is 14.5. The Balaban J connectivity index is 1.35. The SMILES string of the molecule is COc1ccc([C@H]2C3=CC[C@@H]4C(=O)N(c5ccc(C(=O)O)c(O)c5)C(=O)[C@@H]4[C@@H]3C[C@H]3C(=O)N(c4ccc(F)c(Cl)c4)C(=O)[C@@]23C)cc1O. The number of aromatic carboxylic acids is 1. The van der Waals surface area contributed by atoms with Crippen LogP contribution < -0.4 is 14.5 Å². The number of fused-ring (bicyclic) bond motifs is 4. The molecule has 0 bridgehead atoms. The number of carbonyl (C=O) groups is 5. The standard InChI is InChI=1S/C35H28ClFN2O9/c1-35-22(31(43)39(34(35)47)16-5-9-24(37)23(36)12-16)14-21-18(29(35)15-3-10-27(48-2)26(41)11-15)7-8-20-28(21)32(44)38(30(20)42)17-4-6-19(33(45)46)25(40)13-17/h3-7,9-13,20-22,28-29,40-41H,8,14H2,1-2H3,(H,45,46)/t20-,21+,22-,28-,29-,35+/m0/s1. The van der Waals surface area contributed by atoms with E-state index >= 15 is 0 Å². The van der Waals surface area contributed by atoms with Crippen LogP contribution in [-0.4, -0.2) is 52.0 Å². The molecule has 2 aliphatic heterocycles. The first kappa shape index (κ1) is 31.4. The average Bonchev–Trinajstić information content (AvgIpc) is 3.41. The molecule has 0 radical (unpaired) electrons. The molecule has 48 heavy (non-hydrogen) atoms. The number of imide groups is 2. The number of aromatic hydroxyl groups is 2. The molecule has 2 aliphatic carbocycles. The van der Waals surface area contributed by atoms with Gasteiger partial charge in [-0.15, -0.1) is 0 Å². The second-order valence-corrected chi connectivity index (χ2v) is 13.1. The third-order valence-electron chi connectivity index (χ3n) is 10.4. The Morgan fingerprint density at radius 2 is 1.62 bits per heavy atom. The van der Waals surface area contributed by atoms with Crippen molar-refractivity contribution < 1.29 is 48.4 Å². The third-order valence-corrected chi connectivity index (χ3v) is 10.7. The summed E-state index contributed by atoms with van der Waals surface area (Å²) in [5.74, 6) is -9.23. The fraction of sp³-hybridized carbons (Fsp3) is 0.286. The van der Waals surface area contributed by atoms with Crippen molar-refractivity contribution in [3.63, 3.8) is 0 Å². The number of nitrogens with zero attached hydrogens (tertiary/aromatic N) is 2. The van der Waals surface area contributed by atoms with Crippen molar-refractivity contribution in [1.82, 2.24) is 0 Å². The van der Waals surface area contributed by atoms with E-state index < -0.39 is 81.7 Å². The van der Waals surface area contributed by atoms with E-state index in [0.717, 1.165) is 28.0 Å². The van der Waals surface area contributed by atoms with E-state index in [9.17, 15) is 43.7 Å². The van der Waals surface area contributed by atoms with Gasteiger partial charge in [-0.05, 0) is 73.7 Å². The Morgan fingerprint density at radius 3 is 2.27 bits per heavy atom. The summed E-state index contributed by atoms with van der Waals surface area (Å²) in [4.78, 5) is 70.1. The largest absolute Gasteiger partial charge is 0.507 e. The van der Waals surface area contributed by atoms with Crippen LogP contribution in [0.4, 0.5) is 15.8 Å². The number of carbonyl (C=O) groups excluding carboxylic acids is 4. The summed E-state index contributed by atoms with van der Waals surface area (Å²) in [5, 5.41) is 30.2. The van der Waals surface area contributed by atoms with E-state index in [0.29, 0.717) is 11.1 Å². The first-order valence-corrected chi connectivity index (χ1v) is 15.5. The van der Waals surface area contributed by atoms with Crippen molar-refractivity contribution in [3.8, 4) is 17.2 Å². The van der Waals surface area contributed by atoms with Gasteiger partial charge in [-0.1, -0.05) is 29.3 Å². The molecule has 4 amide bonds. The van der Waals surface area contributed by atoms with Crippen molar-refractivity contribution in [2.45, 2.75) is 25.7 Å². The Labute approximate surface area is 277 Å². The molecule has 1 saturated carbocycles. The van der Waals surface area contributed by atoms with E-state index in [4.69, 9.17) is 16.3 Å².